The number of nitrogens with zero attached hydrogens (tertiary/aromatic N) is 1. The molecular weight excluding hydrogens is 264 g/mol. The zero-order valence-corrected chi connectivity index (χ0v) is 12.6. The molecule has 4 nitrogen and oxygen atoms in total. The second-order valence-electron chi connectivity index (χ2n) is 6.57. The maximum atomic E-state index is 12.1. The first-order valence-corrected chi connectivity index (χ1v) is 7.88. The Morgan fingerprint density at radius 3 is 2.86 bits per heavy atom. The van der Waals surface area contributed by atoms with Gasteiger partial charge in [0.1, 0.15) is 0 Å². The van der Waals surface area contributed by atoms with Gasteiger partial charge in [-0.2, -0.15) is 0 Å². The number of likely N-dealkylation sites (N-methyl/N-ethyl adjacent to an activating group) is 1. The van der Waals surface area contributed by atoms with E-state index in [9.17, 15) is 9.90 Å². The number of benzene rings is 1. The fourth-order valence-corrected chi connectivity index (χ4v) is 3.45. The Bertz CT molecular complexity index is 524. The average Bonchev–Trinajstić information content (AvgIpc) is 2.84. The van der Waals surface area contributed by atoms with E-state index in [1.54, 1.807) is 0 Å². The van der Waals surface area contributed by atoms with Crippen LogP contribution in [0.5, 0.6) is 0 Å². The summed E-state index contributed by atoms with van der Waals surface area (Å²) in [6.07, 6.45) is 5.14. The van der Waals surface area contributed by atoms with Crippen molar-refractivity contribution in [1.29, 1.82) is 0 Å². The molecule has 114 valence electrons. The van der Waals surface area contributed by atoms with Crippen LogP contribution in [0.4, 0.5) is 5.69 Å². The minimum atomic E-state index is -0.122. The number of carbonyl (C=O) groups is 1. The van der Waals surface area contributed by atoms with Crippen molar-refractivity contribution < 1.29 is 9.90 Å². The average molecular weight is 288 g/mol. The highest BCUT2D eigenvalue weighted by atomic mass is 16.3. The van der Waals surface area contributed by atoms with Crippen molar-refractivity contribution in [3.63, 3.8) is 0 Å². The highest BCUT2D eigenvalue weighted by molar-refractivity contribution is 5.92. The number of aliphatic hydroxyl groups excluding tert-OH is 1. The molecule has 2 aliphatic rings. The van der Waals surface area contributed by atoms with Crippen molar-refractivity contribution in [3.8, 4) is 0 Å². The predicted molar refractivity (Wildman–Crippen MR) is 83.3 cm³/mol. The van der Waals surface area contributed by atoms with E-state index in [0.717, 1.165) is 31.5 Å². The lowest BCUT2D eigenvalue weighted by Crippen LogP contribution is -2.39. The lowest BCUT2D eigenvalue weighted by molar-refractivity contribution is -0.117. The van der Waals surface area contributed by atoms with Gasteiger partial charge in [0.2, 0.25) is 5.91 Å². The van der Waals surface area contributed by atoms with Crippen molar-refractivity contribution in [2.45, 2.75) is 38.2 Å². The summed E-state index contributed by atoms with van der Waals surface area (Å²) in [5.74, 6) is 0.577. The normalized spacial score (nSPS) is 23.8. The molecule has 2 aliphatic carbocycles. The van der Waals surface area contributed by atoms with Crippen LogP contribution in [0.2, 0.25) is 0 Å². The monoisotopic (exact) mass is 288 g/mol. The van der Waals surface area contributed by atoms with E-state index in [1.807, 2.05) is 18.0 Å². The molecule has 0 aliphatic heterocycles. The van der Waals surface area contributed by atoms with Crippen LogP contribution in [0.3, 0.4) is 0 Å². The Balaban J connectivity index is 1.47. The standard InChI is InChI=1S/C17H24N2O2/c1-19(10-12-7-16(20)8-12)11-17(21)18-15-6-5-13-3-2-4-14(13)9-15/h5-6,9,12,16,20H,2-4,7-8,10-11H2,1H3,(H,18,21). The number of aliphatic hydroxyl groups is 1. The van der Waals surface area contributed by atoms with Gasteiger partial charge in [0.15, 0.2) is 0 Å². The van der Waals surface area contributed by atoms with Crippen LogP contribution in [0.25, 0.3) is 0 Å². The molecule has 1 fully saturated rings. The van der Waals surface area contributed by atoms with Gasteiger partial charge in [-0.05, 0) is 68.3 Å². The van der Waals surface area contributed by atoms with E-state index < -0.39 is 0 Å². The number of rotatable bonds is 5. The fourth-order valence-electron chi connectivity index (χ4n) is 3.45. The summed E-state index contributed by atoms with van der Waals surface area (Å²) in [6.45, 7) is 1.29. The molecule has 3 rings (SSSR count). The summed E-state index contributed by atoms with van der Waals surface area (Å²) in [6, 6.07) is 6.25. The number of anilines is 1. The first kappa shape index (κ1) is 14.5. The highest BCUT2D eigenvalue weighted by Gasteiger charge is 2.28. The van der Waals surface area contributed by atoms with E-state index in [2.05, 4.69) is 17.4 Å². The van der Waals surface area contributed by atoms with Crippen molar-refractivity contribution in [1.82, 2.24) is 4.90 Å². The first-order valence-electron chi connectivity index (χ1n) is 7.88. The Kier molecular flexibility index (Phi) is 4.27. The number of carbonyl (C=O) groups excluding carboxylic acids is 1. The number of fused-ring (bicyclic) bond motifs is 1. The van der Waals surface area contributed by atoms with Crippen molar-refractivity contribution in [2.24, 2.45) is 5.92 Å². The van der Waals surface area contributed by atoms with E-state index in [-0.39, 0.29) is 12.0 Å². The summed E-state index contributed by atoms with van der Waals surface area (Å²) in [4.78, 5) is 14.1. The molecule has 21 heavy (non-hydrogen) atoms. The summed E-state index contributed by atoms with van der Waals surface area (Å²) < 4.78 is 0. The Labute approximate surface area is 126 Å². The molecule has 0 heterocycles. The van der Waals surface area contributed by atoms with Crippen molar-refractivity contribution >= 4 is 11.6 Å². The zero-order chi connectivity index (χ0) is 14.8. The number of hydrogen-bond acceptors (Lipinski definition) is 3. The highest BCUT2D eigenvalue weighted by Crippen LogP contribution is 2.27. The molecule has 0 radical (unpaired) electrons. The van der Waals surface area contributed by atoms with Crippen LogP contribution in [-0.4, -0.2) is 42.2 Å². The Morgan fingerprint density at radius 1 is 1.33 bits per heavy atom. The van der Waals surface area contributed by atoms with Gasteiger partial charge in [0.05, 0.1) is 12.6 Å². The first-order chi connectivity index (χ1) is 10.1. The summed E-state index contributed by atoms with van der Waals surface area (Å²) in [5, 5.41) is 12.3. The fraction of sp³-hybridized carbons (Fsp3) is 0.588. The topological polar surface area (TPSA) is 52.6 Å². The van der Waals surface area contributed by atoms with Gasteiger partial charge in [-0.1, -0.05) is 6.07 Å². The molecule has 0 bridgehead atoms. The van der Waals surface area contributed by atoms with Gasteiger partial charge in [-0.15, -0.1) is 0 Å². The smallest absolute Gasteiger partial charge is 0.238 e. The summed E-state index contributed by atoms with van der Waals surface area (Å²) >= 11 is 0. The van der Waals surface area contributed by atoms with Gasteiger partial charge in [0, 0.05) is 12.2 Å². The second-order valence-corrected chi connectivity index (χ2v) is 6.57. The Morgan fingerprint density at radius 2 is 2.10 bits per heavy atom. The number of nitrogens with one attached hydrogen (secondary N) is 1. The molecule has 1 aromatic rings. The largest absolute Gasteiger partial charge is 0.393 e. The number of hydrogen-bond donors (Lipinski definition) is 2. The third kappa shape index (κ3) is 3.63. The van der Waals surface area contributed by atoms with Gasteiger partial charge < -0.3 is 10.4 Å². The van der Waals surface area contributed by atoms with E-state index >= 15 is 0 Å². The zero-order valence-electron chi connectivity index (χ0n) is 12.6. The molecule has 1 saturated carbocycles. The van der Waals surface area contributed by atoms with E-state index in [4.69, 9.17) is 0 Å². The van der Waals surface area contributed by atoms with Crippen LogP contribution in [0.1, 0.15) is 30.4 Å². The third-order valence-electron chi connectivity index (χ3n) is 4.58. The predicted octanol–water partition coefficient (Wildman–Crippen LogP) is 1.82. The van der Waals surface area contributed by atoms with Crippen LogP contribution in [0.15, 0.2) is 18.2 Å². The second kappa shape index (κ2) is 6.16. The van der Waals surface area contributed by atoms with Crippen molar-refractivity contribution in [3.05, 3.63) is 29.3 Å². The lowest BCUT2D eigenvalue weighted by atomic mass is 9.82. The van der Waals surface area contributed by atoms with Crippen LogP contribution < -0.4 is 5.32 Å². The molecule has 0 spiro atoms. The SMILES string of the molecule is CN(CC(=O)Nc1ccc2c(c1)CCC2)CC1CC(O)C1. The molecule has 0 unspecified atom stereocenters. The molecule has 1 aromatic carbocycles. The van der Waals surface area contributed by atoms with Gasteiger partial charge in [-0.3, -0.25) is 9.69 Å². The molecule has 1 amide bonds. The minimum absolute atomic E-state index is 0.0373. The van der Waals surface area contributed by atoms with Gasteiger partial charge in [0.25, 0.3) is 0 Å². The van der Waals surface area contributed by atoms with E-state index in [0.29, 0.717) is 12.5 Å². The maximum Gasteiger partial charge on any atom is 0.238 e. The molecule has 0 saturated heterocycles. The molecule has 0 atom stereocenters. The molecule has 2 N–H and O–H groups in total. The minimum Gasteiger partial charge on any atom is -0.393 e. The summed E-state index contributed by atoms with van der Waals surface area (Å²) in [5.41, 5.74) is 3.71. The quantitative estimate of drug-likeness (QED) is 0.869. The van der Waals surface area contributed by atoms with E-state index in [1.165, 1.54) is 24.0 Å². The molecule has 4 heteroatoms. The lowest BCUT2D eigenvalue weighted by Gasteiger charge is -2.34. The third-order valence-corrected chi connectivity index (χ3v) is 4.58. The molecular formula is C17H24N2O2. The van der Waals surface area contributed by atoms with Crippen LogP contribution in [-0.2, 0) is 17.6 Å². The Hall–Kier alpha value is -1.39. The van der Waals surface area contributed by atoms with Gasteiger partial charge >= 0.3 is 0 Å². The van der Waals surface area contributed by atoms with Gasteiger partial charge in [-0.25, -0.2) is 0 Å². The number of amides is 1. The van der Waals surface area contributed by atoms with Crippen molar-refractivity contribution in [2.75, 3.05) is 25.5 Å². The molecule has 0 aromatic heterocycles. The number of aryl methyl sites for hydroxylation is 2. The van der Waals surface area contributed by atoms with Crippen LogP contribution >= 0.6 is 0 Å². The summed E-state index contributed by atoms with van der Waals surface area (Å²) in [7, 11) is 1.97. The van der Waals surface area contributed by atoms with Crippen LogP contribution in [0, 0.1) is 5.92 Å². The maximum absolute atomic E-state index is 12.1.